The highest BCUT2D eigenvalue weighted by molar-refractivity contribution is 7.84. The van der Waals surface area contributed by atoms with Crippen molar-refractivity contribution in [2.45, 2.75) is 38.9 Å². The van der Waals surface area contributed by atoms with Crippen LogP contribution < -0.4 is 10.6 Å². The molecule has 2 atom stereocenters. The van der Waals surface area contributed by atoms with Crippen molar-refractivity contribution in [1.29, 1.82) is 0 Å². The molecule has 0 saturated carbocycles. The number of hydrogen-bond donors (Lipinski definition) is 2. The molecule has 0 saturated heterocycles. The zero-order valence-corrected chi connectivity index (χ0v) is 14.0. The van der Waals surface area contributed by atoms with Gasteiger partial charge in [-0.1, -0.05) is 13.8 Å². The quantitative estimate of drug-likeness (QED) is 0.770. The molecule has 6 heteroatoms. The lowest BCUT2D eigenvalue weighted by molar-refractivity contribution is 0.0954. The van der Waals surface area contributed by atoms with Crippen LogP contribution >= 0.6 is 0 Å². The van der Waals surface area contributed by atoms with Crippen molar-refractivity contribution in [2.24, 2.45) is 0 Å². The summed E-state index contributed by atoms with van der Waals surface area (Å²) in [6, 6.07) is 3.57. The predicted molar refractivity (Wildman–Crippen MR) is 88.3 cm³/mol. The maximum atomic E-state index is 12.2. The van der Waals surface area contributed by atoms with Gasteiger partial charge in [-0.2, -0.15) is 0 Å². The van der Waals surface area contributed by atoms with Crippen molar-refractivity contribution < 1.29 is 9.00 Å². The second kappa shape index (κ2) is 8.77. The molecule has 0 bridgehead atoms. The van der Waals surface area contributed by atoms with E-state index >= 15 is 0 Å². The van der Waals surface area contributed by atoms with E-state index in [9.17, 15) is 9.00 Å². The minimum absolute atomic E-state index is 0.0564. The van der Waals surface area contributed by atoms with Gasteiger partial charge < -0.3 is 10.6 Å². The summed E-state index contributed by atoms with van der Waals surface area (Å²) in [6.45, 7) is 7.18. The van der Waals surface area contributed by atoms with Gasteiger partial charge in [0.25, 0.3) is 5.91 Å². The molecule has 0 spiro atoms. The molecule has 118 valence electrons. The van der Waals surface area contributed by atoms with Crippen LogP contribution in [-0.2, 0) is 17.2 Å². The van der Waals surface area contributed by atoms with Gasteiger partial charge in [-0.15, -0.1) is 0 Å². The SMILES string of the molecule is CCCNc1cc(C(=O)NCC(C)S(C)=O)cc(CC)n1. The van der Waals surface area contributed by atoms with Crippen LogP contribution in [0.2, 0.25) is 0 Å². The van der Waals surface area contributed by atoms with Crippen molar-refractivity contribution in [1.82, 2.24) is 10.3 Å². The van der Waals surface area contributed by atoms with Crippen LogP contribution in [0.3, 0.4) is 0 Å². The molecule has 1 amide bonds. The van der Waals surface area contributed by atoms with Crippen molar-refractivity contribution >= 4 is 22.5 Å². The van der Waals surface area contributed by atoms with E-state index in [0.29, 0.717) is 12.1 Å². The molecule has 1 aromatic rings. The lowest BCUT2D eigenvalue weighted by atomic mass is 10.1. The lowest BCUT2D eigenvalue weighted by Crippen LogP contribution is -2.32. The average molecular weight is 311 g/mol. The summed E-state index contributed by atoms with van der Waals surface area (Å²) in [4.78, 5) is 16.7. The average Bonchev–Trinajstić information content (AvgIpc) is 2.49. The Morgan fingerprint density at radius 1 is 1.38 bits per heavy atom. The molecule has 1 heterocycles. The third kappa shape index (κ3) is 5.83. The fourth-order valence-corrected chi connectivity index (χ4v) is 2.02. The molecule has 0 radical (unpaired) electrons. The van der Waals surface area contributed by atoms with E-state index in [1.165, 1.54) is 0 Å². The molecule has 5 nitrogen and oxygen atoms in total. The minimum atomic E-state index is -0.937. The number of nitrogens with one attached hydrogen (secondary N) is 2. The van der Waals surface area contributed by atoms with Crippen LogP contribution in [0.1, 0.15) is 43.2 Å². The molecule has 0 aliphatic heterocycles. The van der Waals surface area contributed by atoms with Crippen molar-refractivity contribution in [2.75, 3.05) is 24.7 Å². The van der Waals surface area contributed by atoms with E-state index in [1.807, 2.05) is 13.8 Å². The highest BCUT2D eigenvalue weighted by Gasteiger charge is 2.12. The number of aryl methyl sites for hydroxylation is 1. The molecular formula is C15H25N3O2S. The molecular weight excluding hydrogens is 286 g/mol. The van der Waals surface area contributed by atoms with Crippen LogP contribution in [-0.4, -0.2) is 39.7 Å². The van der Waals surface area contributed by atoms with Crippen LogP contribution in [0.5, 0.6) is 0 Å². The van der Waals surface area contributed by atoms with E-state index in [4.69, 9.17) is 0 Å². The summed E-state index contributed by atoms with van der Waals surface area (Å²) in [5.74, 6) is 0.581. The molecule has 1 rings (SSSR count). The monoisotopic (exact) mass is 311 g/mol. The van der Waals surface area contributed by atoms with Crippen LogP contribution in [0.25, 0.3) is 0 Å². The van der Waals surface area contributed by atoms with Crippen molar-refractivity contribution in [3.63, 3.8) is 0 Å². The van der Waals surface area contributed by atoms with E-state index in [1.54, 1.807) is 18.4 Å². The Kier molecular flexibility index (Phi) is 7.36. The predicted octanol–water partition coefficient (Wildman–Crippen LogP) is 1.96. The Bertz CT molecular complexity index is 506. The number of carbonyl (C=O) groups is 1. The van der Waals surface area contributed by atoms with Crippen molar-refractivity contribution in [3.05, 3.63) is 23.4 Å². The maximum absolute atomic E-state index is 12.2. The number of pyridine rings is 1. The second-order valence-corrected chi connectivity index (χ2v) is 6.83. The second-order valence-electron chi connectivity index (χ2n) is 5.03. The van der Waals surface area contributed by atoms with Crippen LogP contribution in [0.15, 0.2) is 12.1 Å². The Morgan fingerprint density at radius 2 is 2.10 bits per heavy atom. The smallest absolute Gasteiger partial charge is 0.251 e. The molecule has 0 aliphatic carbocycles. The molecule has 2 unspecified atom stereocenters. The van der Waals surface area contributed by atoms with Gasteiger partial charge in [-0.05, 0) is 31.9 Å². The van der Waals surface area contributed by atoms with Gasteiger partial charge >= 0.3 is 0 Å². The molecule has 1 aromatic heterocycles. The highest BCUT2D eigenvalue weighted by atomic mass is 32.2. The number of nitrogens with zero attached hydrogens (tertiary/aromatic N) is 1. The zero-order chi connectivity index (χ0) is 15.8. The fourth-order valence-electron chi connectivity index (χ4n) is 1.70. The van der Waals surface area contributed by atoms with E-state index in [0.717, 1.165) is 30.9 Å². The Balaban J connectivity index is 2.80. The molecule has 0 aromatic carbocycles. The summed E-state index contributed by atoms with van der Waals surface area (Å²) in [5, 5.41) is 5.98. The summed E-state index contributed by atoms with van der Waals surface area (Å²) < 4.78 is 11.3. The summed E-state index contributed by atoms with van der Waals surface area (Å²) in [7, 11) is -0.937. The Morgan fingerprint density at radius 3 is 2.67 bits per heavy atom. The highest BCUT2D eigenvalue weighted by Crippen LogP contribution is 2.11. The first kappa shape index (κ1) is 17.6. The minimum Gasteiger partial charge on any atom is -0.370 e. The van der Waals surface area contributed by atoms with Gasteiger partial charge in [-0.3, -0.25) is 9.00 Å². The molecule has 0 aliphatic rings. The first-order chi connectivity index (χ1) is 9.97. The van der Waals surface area contributed by atoms with Gasteiger partial charge in [0.15, 0.2) is 0 Å². The number of aromatic nitrogens is 1. The zero-order valence-electron chi connectivity index (χ0n) is 13.2. The number of hydrogen-bond acceptors (Lipinski definition) is 4. The first-order valence-electron chi connectivity index (χ1n) is 7.33. The molecule has 2 N–H and O–H groups in total. The van der Waals surface area contributed by atoms with Crippen molar-refractivity contribution in [3.8, 4) is 0 Å². The summed E-state index contributed by atoms with van der Waals surface area (Å²) in [5.41, 5.74) is 1.47. The van der Waals surface area contributed by atoms with Gasteiger partial charge in [0, 0.05) is 46.7 Å². The van der Waals surface area contributed by atoms with Gasteiger partial charge in [0.05, 0.1) is 0 Å². The lowest BCUT2D eigenvalue weighted by Gasteiger charge is -2.12. The fraction of sp³-hybridized carbons (Fsp3) is 0.600. The topological polar surface area (TPSA) is 71.1 Å². The van der Waals surface area contributed by atoms with Gasteiger partial charge in [0.2, 0.25) is 0 Å². The van der Waals surface area contributed by atoms with Gasteiger partial charge in [-0.25, -0.2) is 4.98 Å². The maximum Gasteiger partial charge on any atom is 0.251 e. The number of rotatable bonds is 8. The van der Waals surface area contributed by atoms with Crippen LogP contribution in [0, 0.1) is 0 Å². The van der Waals surface area contributed by atoms with E-state index < -0.39 is 10.8 Å². The van der Waals surface area contributed by atoms with Crippen LogP contribution in [0.4, 0.5) is 5.82 Å². The Hall–Kier alpha value is -1.43. The number of carbonyl (C=O) groups excluding carboxylic acids is 1. The third-order valence-electron chi connectivity index (χ3n) is 3.18. The Labute approximate surface area is 129 Å². The largest absolute Gasteiger partial charge is 0.370 e. The normalized spacial score (nSPS) is 13.5. The molecule has 0 fully saturated rings. The first-order valence-corrected chi connectivity index (χ1v) is 8.95. The van der Waals surface area contributed by atoms with E-state index in [2.05, 4.69) is 22.5 Å². The van der Waals surface area contributed by atoms with E-state index in [-0.39, 0.29) is 11.2 Å². The summed E-state index contributed by atoms with van der Waals surface area (Å²) >= 11 is 0. The molecule has 21 heavy (non-hydrogen) atoms. The third-order valence-corrected chi connectivity index (χ3v) is 4.48. The summed E-state index contributed by atoms with van der Waals surface area (Å²) in [6.07, 6.45) is 3.42. The number of amides is 1. The van der Waals surface area contributed by atoms with Gasteiger partial charge in [0.1, 0.15) is 5.82 Å². The number of anilines is 1. The standard InChI is InChI=1S/C15H25N3O2S/c1-5-7-16-14-9-12(8-13(6-2)18-14)15(19)17-10-11(3)21(4)20/h8-9,11H,5-7,10H2,1-4H3,(H,16,18)(H,17,19).